The molecule has 1 heterocycles. The Balaban J connectivity index is 1.91. The standard InChI is InChI=1S/C15H17Br2NO/c1-15(2,11-6-4-3-5-7-11)10-18-9-12-8-13(16)14(17)19-12/h3-8,18H,9-10H2,1-2H3. The SMILES string of the molecule is CC(C)(CNCc1cc(Br)c(Br)o1)c1ccccc1. The van der Waals surface area contributed by atoms with Gasteiger partial charge in [0.05, 0.1) is 11.0 Å². The molecule has 0 unspecified atom stereocenters. The first kappa shape index (κ1) is 14.8. The van der Waals surface area contributed by atoms with Crippen LogP contribution in [-0.2, 0) is 12.0 Å². The van der Waals surface area contributed by atoms with Gasteiger partial charge in [-0.25, -0.2) is 0 Å². The lowest BCUT2D eigenvalue weighted by Crippen LogP contribution is -2.32. The molecule has 0 saturated carbocycles. The molecule has 0 aliphatic heterocycles. The fourth-order valence-corrected chi connectivity index (χ4v) is 2.63. The molecule has 2 nitrogen and oxygen atoms in total. The van der Waals surface area contributed by atoms with Gasteiger partial charge in [0.1, 0.15) is 5.76 Å². The van der Waals surface area contributed by atoms with Crippen molar-refractivity contribution in [2.45, 2.75) is 25.8 Å². The van der Waals surface area contributed by atoms with Crippen LogP contribution in [0, 0.1) is 0 Å². The van der Waals surface area contributed by atoms with Crippen molar-refractivity contribution in [2.24, 2.45) is 0 Å². The zero-order valence-electron chi connectivity index (χ0n) is 11.0. The second kappa shape index (κ2) is 6.25. The quantitative estimate of drug-likeness (QED) is 0.792. The van der Waals surface area contributed by atoms with Crippen LogP contribution in [0.1, 0.15) is 25.2 Å². The fraction of sp³-hybridized carbons (Fsp3) is 0.333. The van der Waals surface area contributed by atoms with Crippen LogP contribution >= 0.6 is 31.9 Å². The molecule has 0 aliphatic rings. The third-order valence-corrected chi connectivity index (χ3v) is 4.83. The summed E-state index contributed by atoms with van der Waals surface area (Å²) < 4.78 is 7.23. The summed E-state index contributed by atoms with van der Waals surface area (Å²) in [5, 5.41) is 3.45. The molecular weight excluding hydrogens is 370 g/mol. The van der Waals surface area contributed by atoms with Crippen LogP contribution in [0.2, 0.25) is 0 Å². The van der Waals surface area contributed by atoms with Crippen LogP contribution in [0.4, 0.5) is 0 Å². The number of hydrogen-bond acceptors (Lipinski definition) is 2. The minimum atomic E-state index is 0.0995. The third-order valence-electron chi connectivity index (χ3n) is 3.12. The van der Waals surface area contributed by atoms with Gasteiger partial charge in [0.25, 0.3) is 0 Å². The number of hydrogen-bond donors (Lipinski definition) is 1. The van der Waals surface area contributed by atoms with Gasteiger partial charge in [-0.15, -0.1) is 0 Å². The molecule has 1 aromatic carbocycles. The van der Waals surface area contributed by atoms with E-state index in [1.165, 1.54) is 5.56 Å². The van der Waals surface area contributed by atoms with Gasteiger partial charge in [0.15, 0.2) is 4.67 Å². The van der Waals surface area contributed by atoms with Crippen LogP contribution in [0.5, 0.6) is 0 Å². The van der Waals surface area contributed by atoms with Crippen molar-refractivity contribution in [2.75, 3.05) is 6.54 Å². The molecule has 0 radical (unpaired) electrons. The van der Waals surface area contributed by atoms with Gasteiger partial charge in [-0.2, -0.15) is 0 Å². The summed E-state index contributed by atoms with van der Waals surface area (Å²) in [7, 11) is 0. The molecule has 0 atom stereocenters. The second-order valence-corrected chi connectivity index (χ2v) is 6.76. The molecule has 102 valence electrons. The van der Waals surface area contributed by atoms with Crippen LogP contribution in [-0.4, -0.2) is 6.54 Å². The summed E-state index contributed by atoms with van der Waals surface area (Å²) >= 11 is 6.76. The van der Waals surface area contributed by atoms with Gasteiger partial charge in [-0.1, -0.05) is 44.2 Å². The summed E-state index contributed by atoms with van der Waals surface area (Å²) in [5.41, 5.74) is 1.44. The molecule has 1 aromatic heterocycles. The average Bonchev–Trinajstić information content (AvgIpc) is 2.69. The van der Waals surface area contributed by atoms with Crippen molar-refractivity contribution in [1.29, 1.82) is 0 Å². The Hall–Kier alpha value is -0.580. The van der Waals surface area contributed by atoms with Crippen LogP contribution in [0.3, 0.4) is 0 Å². The van der Waals surface area contributed by atoms with Crippen molar-refractivity contribution in [3.05, 3.63) is 56.9 Å². The minimum absolute atomic E-state index is 0.0995. The van der Waals surface area contributed by atoms with E-state index >= 15 is 0 Å². The molecule has 0 aliphatic carbocycles. The Morgan fingerprint density at radius 1 is 1.16 bits per heavy atom. The van der Waals surface area contributed by atoms with Crippen LogP contribution in [0.25, 0.3) is 0 Å². The zero-order chi connectivity index (χ0) is 13.9. The zero-order valence-corrected chi connectivity index (χ0v) is 14.2. The molecule has 0 spiro atoms. The molecule has 19 heavy (non-hydrogen) atoms. The van der Waals surface area contributed by atoms with Gasteiger partial charge >= 0.3 is 0 Å². The predicted octanol–water partition coefficient (Wildman–Crippen LogP) is 4.87. The maximum atomic E-state index is 5.54. The van der Waals surface area contributed by atoms with Crippen LogP contribution in [0.15, 0.2) is 50.0 Å². The Kier molecular flexibility index (Phi) is 4.87. The number of nitrogens with one attached hydrogen (secondary N) is 1. The van der Waals surface area contributed by atoms with Gasteiger partial charge in [0, 0.05) is 12.0 Å². The summed E-state index contributed by atoms with van der Waals surface area (Å²) in [6.07, 6.45) is 0. The molecular formula is C15H17Br2NO. The maximum Gasteiger partial charge on any atom is 0.183 e. The number of halogens is 2. The number of rotatable bonds is 5. The van der Waals surface area contributed by atoms with E-state index in [0.29, 0.717) is 0 Å². The molecule has 0 saturated heterocycles. The molecule has 4 heteroatoms. The van der Waals surface area contributed by atoms with Crippen molar-refractivity contribution in [3.63, 3.8) is 0 Å². The van der Waals surface area contributed by atoms with Crippen molar-refractivity contribution in [3.8, 4) is 0 Å². The van der Waals surface area contributed by atoms with E-state index in [2.05, 4.69) is 75.3 Å². The van der Waals surface area contributed by atoms with Gasteiger partial charge < -0.3 is 9.73 Å². The highest BCUT2D eigenvalue weighted by Gasteiger charge is 2.19. The number of furan rings is 1. The summed E-state index contributed by atoms with van der Waals surface area (Å²) in [6, 6.07) is 12.5. The monoisotopic (exact) mass is 385 g/mol. The highest BCUT2D eigenvalue weighted by molar-refractivity contribution is 9.13. The van der Waals surface area contributed by atoms with E-state index < -0.39 is 0 Å². The third kappa shape index (κ3) is 3.94. The topological polar surface area (TPSA) is 25.2 Å². The van der Waals surface area contributed by atoms with Gasteiger partial charge in [0.2, 0.25) is 0 Å². The normalized spacial score (nSPS) is 11.8. The predicted molar refractivity (Wildman–Crippen MR) is 85.3 cm³/mol. The highest BCUT2D eigenvalue weighted by atomic mass is 79.9. The number of benzene rings is 1. The smallest absolute Gasteiger partial charge is 0.183 e. The first-order chi connectivity index (χ1) is 8.99. The van der Waals surface area contributed by atoms with Crippen molar-refractivity contribution >= 4 is 31.9 Å². The lowest BCUT2D eigenvalue weighted by Gasteiger charge is -2.25. The maximum absolute atomic E-state index is 5.54. The average molecular weight is 387 g/mol. The molecule has 0 bridgehead atoms. The Morgan fingerprint density at radius 3 is 2.42 bits per heavy atom. The molecule has 2 rings (SSSR count). The van der Waals surface area contributed by atoms with E-state index in [4.69, 9.17) is 4.42 Å². The van der Waals surface area contributed by atoms with Crippen molar-refractivity contribution in [1.82, 2.24) is 5.32 Å². The van der Waals surface area contributed by atoms with Gasteiger partial charge in [-0.05, 0) is 43.5 Å². The summed E-state index contributed by atoms with van der Waals surface area (Å²) in [6.45, 7) is 6.10. The Morgan fingerprint density at radius 2 is 1.84 bits per heavy atom. The largest absolute Gasteiger partial charge is 0.452 e. The molecule has 1 N–H and O–H groups in total. The second-order valence-electron chi connectivity index (χ2n) is 5.19. The highest BCUT2D eigenvalue weighted by Crippen LogP contribution is 2.27. The van der Waals surface area contributed by atoms with E-state index in [-0.39, 0.29) is 5.41 Å². The first-order valence-corrected chi connectivity index (χ1v) is 7.77. The Bertz CT molecular complexity index is 515. The van der Waals surface area contributed by atoms with Crippen molar-refractivity contribution < 1.29 is 4.42 Å². The lowest BCUT2D eigenvalue weighted by molar-refractivity contribution is 0.425. The lowest BCUT2D eigenvalue weighted by atomic mass is 9.84. The molecule has 2 aromatic rings. The molecule has 0 fully saturated rings. The van der Waals surface area contributed by atoms with E-state index in [1.807, 2.05) is 12.1 Å². The van der Waals surface area contributed by atoms with E-state index in [1.54, 1.807) is 0 Å². The first-order valence-electron chi connectivity index (χ1n) is 6.19. The van der Waals surface area contributed by atoms with E-state index in [9.17, 15) is 0 Å². The summed E-state index contributed by atoms with van der Waals surface area (Å²) in [5.74, 6) is 0.919. The minimum Gasteiger partial charge on any atom is -0.452 e. The fourth-order valence-electron chi connectivity index (χ4n) is 1.97. The van der Waals surface area contributed by atoms with E-state index in [0.717, 1.165) is 28.0 Å². The van der Waals surface area contributed by atoms with Gasteiger partial charge in [-0.3, -0.25) is 0 Å². The van der Waals surface area contributed by atoms with Crippen LogP contribution < -0.4 is 5.32 Å². The Labute approximate surface area is 130 Å². The summed E-state index contributed by atoms with van der Waals surface area (Å²) in [4.78, 5) is 0. The molecule has 0 amide bonds.